The number of hydrogen-bond acceptors (Lipinski definition) is 5. The van der Waals surface area contributed by atoms with Crippen molar-refractivity contribution in [2.45, 2.75) is 38.3 Å². The zero-order valence-electron chi connectivity index (χ0n) is 17.3. The Kier molecular flexibility index (Phi) is 9.40. The number of nitrogens with one attached hydrogen (secondary N) is 2. The van der Waals surface area contributed by atoms with Crippen molar-refractivity contribution in [3.63, 3.8) is 0 Å². The molecule has 29 heavy (non-hydrogen) atoms. The molecule has 3 N–H and O–H groups in total. The van der Waals surface area contributed by atoms with E-state index in [1.165, 1.54) is 0 Å². The lowest BCUT2D eigenvalue weighted by Gasteiger charge is -2.32. The minimum Gasteiger partial charge on any atom is -0.497 e. The molecule has 0 aliphatic carbocycles. The summed E-state index contributed by atoms with van der Waals surface area (Å²) >= 11 is 0. The molecule has 1 saturated heterocycles. The highest BCUT2D eigenvalue weighted by Gasteiger charge is 2.22. The fraction of sp³-hybridized carbons (Fsp3) is 0.650. The van der Waals surface area contributed by atoms with Gasteiger partial charge in [-0.3, -0.25) is 9.89 Å². The highest BCUT2D eigenvalue weighted by Crippen LogP contribution is 2.29. The van der Waals surface area contributed by atoms with E-state index >= 15 is 0 Å². The van der Waals surface area contributed by atoms with Gasteiger partial charge in [0.25, 0.3) is 6.43 Å². The second kappa shape index (κ2) is 11.8. The van der Waals surface area contributed by atoms with E-state index in [9.17, 15) is 13.9 Å². The monoisotopic (exact) mass is 414 g/mol. The number of methoxy groups -OCH3 is 2. The minimum absolute atomic E-state index is 0.142. The molecule has 0 amide bonds. The first-order valence-corrected chi connectivity index (χ1v) is 9.92. The molecule has 1 aliphatic heterocycles. The van der Waals surface area contributed by atoms with Crippen LogP contribution in [0.1, 0.15) is 31.4 Å². The summed E-state index contributed by atoms with van der Waals surface area (Å²) in [5, 5.41) is 17.1. The third-order valence-electron chi connectivity index (χ3n) is 4.89. The normalized spacial score (nSPS) is 17.3. The van der Waals surface area contributed by atoms with Crippen LogP contribution < -0.4 is 20.1 Å². The second-order valence-corrected chi connectivity index (χ2v) is 6.95. The van der Waals surface area contributed by atoms with Crippen molar-refractivity contribution in [3.05, 3.63) is 23.8 Å². The Morgan fingerprint density at radius 3 is 2.59 bits per heavy atom. The van der Waals surface area contributed by atoms with Crippen LogP contribution >= 0.6 is 0 Å². The number of benzene rings is 1. The summed E-state index contributed by atoms with van der Waals surface area (Å²) in [6.45, 7) is 3.87. The number of aliphatic hydroxyl groups excluding tert-OH is 1. The Hall–Kier alpha value is -2.13. The highest BCUT2D eigenvalue weighted by atomic mass is 19.3. The third-order valence-corrected chi connectivity index (χ3v) is 4.89. The molecule has 1 heterocycles. The fourth-order valence-electron chi connectivity index (χ4n) is 3.34. The van der Waals surface area contributed by atoms with Gasteiger partial charge in [-0.1, -0.05) is 0 Å². The molecule has 9 heteroatoms. The van der Waals surface area contributed by atoms with Crippen LogP contribution in [0.5, 0.6) is 11.5 Å². The van der Waals surface area contributed by atoms with E-state index in [4.69, 9.17) is 9.47 Å². The van der Waals surface area contributed by atoms with Gasteiger partial charge in [0, 0.05) is 31.2 Å². The van der Waals surface area contributed by atoms with Crippen molar-refractivity contribution >= 4 is 5.96 Å². The van der Waals surface area contributed by atoms with Gasteiger partial charge in [0.05, 0.1) is 27.3 Å². The van der Waals surface area contributed by atoms with Gasteiger partial charge in [0.1, 0.15) is 17.6 Å². The van der Waals surface area contributed by atoms with Gasteiger partial charge in [0.15, 0.2) is 5.96 Å². The number of aliphatic imine (C=N–C) groups is 1. The summed E-state index contributed by atoms with van der Waals surface area (Å²) in [6.07, 6.45) is -1.62. The van der Waals surface area contributed by atoms with Gasteiger partial charge in [-0.05, 0) is 38.0 Å². The van der Waals surface area contributed by atoms with E-state index in [0.29, 0.717) is 42.7 Å². The second-order valence-electron chi connectivity index (χ2n) is 6.95. The molecule has 1 aromatic carbocycles. The van der Waals surface area contributed by atoms with Crippen LogP contribution in [0.3, 0.4) is 0 Å². The number of guanidine groups is 1. The molecular weight excluding hydrogens is 382 g/mol. The van der Waals surface area contributed by atoms with Gasteiger partial charge in [0.2, 0.25) is 0 Å². The Labute approximate surface area is 171 Å². The molecule has 1 unspecified atom stereocenters. The number of halogens is 2. The van der Waals surface area contributed by atoms with Gasteiger partial charge in [-0.15, -0.1) is 0 Å². The van der Waals surface area contributed by atoms with Crippen LogP contribution in [0.2, 0.25) is 0 Å². The zero-order chi connectivity index (χ0) is 21.2. The molecule has 1 aromatic rings. The maximum absolute atomic E-state index is 12.5. The van der Waals surface area contributed by atoms with E-state index in [2.05, 4.69) is 15.6 Å². The van der Waals surface area contributed by atoms with Crippen LogP contribution in [-0.2, 0) is 0 Å². The van der Waals surface area contributed by atoms with Crippen LogP contribution in [0, 0.1) is 0 Å². The molecular formula is C20H32F2N4O3. The maximum Gasteiger partial charge on any atom is 0.251 e. The molecule has 1 aliphatic rings. The molecule has 164 valence electrons. The predicted octanol–water partition coefficient (Wildman–Crippen LogP) is 2.02. The van der Waals surface area contributed by atoms with Gasteiger partial charge in [-0.25, -0.2) is 8.78 Å². The molecule has 0 aromatic heterocycles. The number of nitrogens with zero attached hydrogens (tertiary/aromatic N) is 2. The third kappa shape index (κ3) is 7.32. The molecule has 0 radical (unpaired) electrons. The number of aliphatic hydroxyl groups is 1. The summed E-state index contributed by atoms with van der Waals surface area (Å²) in [4.78, 5) is 6.28. The number of likely N-dealkylation sites (tertiary alicyclic amines) is 1. The first-order valence-electron chi connectivity index (χ1n) is 9.92. The van der Waals surface area contributed by atoms with Gasteiger partial charge in [-0.2, -0.15) is 0 Å². The number of piperidine rings is 1. The standard InChI is InChI=1S/C20H32F2N4O3/c1-4-23-20(25-14-7-9-26(10-8-14)13-19(21)22)24-12-17(27)16-11-15(28-2)5-6-18(16)29-3/h5-6,11,14,17,19,27H,4,7-10,12-13H2,1-3H3,(H2,23,24,25). The molecule has 0 bridgehead atoms. The Bertz CT molecular complexity index is 653. The lowest BCUT2D eigenvalue weighted by atomic mass is 10.1. The topological polar surface area (TPSA) is 78.4 Å². The zero-order valence-corrected chi connectivity index (χ0v) is 17.3. The maximum atomic E-state index is 12.5. The Balaban J connectivity index is 1.97. The minimum atomic E-state index is -2.30. The van der Waals surface area contributed by atoms with Crippen molar-refractivity contribution in [2.24, 2.45) is 4.99 Å². The summed E-state index contributed by atoms with van der Waals surface area (Å²) in [6, 6.07) is 5.41. The summed E-state index contributed by atoms with van der Waals surface area (Å²) in [7, 11) is 3.11. The largest absolute Gasteiger partial charge is 0.497 e. The molecule has 7 nitrogen and oxygen atoms in total. The highest BCUT2D eigenvalue weighted by molar-refractivity contribution is 5.80. The number of hydrogen-bond donors (Lipinski definition) is 3. The van der Waals surface area contributed by atoms with Crippen LogP contribution in [-0.4, -0.2) is 75.4 Å². The number of alkyl halides is 2. The first-order chi connectivity index (χ1) is 14.0. The summed E-state index contributed by atoms with van der Waals surface area (Å²) in [5.74, 6) is 1.79. The molecule has 0 saturated carbocycles. The predicted molar refractivity (Wildman–Crippen MR) is 109 cm³/mol. The van der Waals surface area contributed by atoms with Crippen molar-refractivity contribution in [2.75, 3.05) is 46.9 Å². The molecule has 1 fully saturated rings. The van der Waals surface area contributed by atoms with Crippen LogP contribution in [0.25, 0.3) is 0 Å². The van der Waals surface area contributed by atoms with Crippen molar-refractivity contribution in [1.82, 2.24) is 15.5 Å². The van der Waals surface area contributed by atoms with Gasteiger partial charge >= 0.3 is 0 Å². The van der Waals surface area contributed by atoms with Crippen molar-refractivity contribution in [3.8, 4) is 11.5 Å². The first kappa shape index (κ1) is 23.2. The fourth-order valence-corrected chi connectivity index (χ4v) is 3.34. The van der Waals surface area contributed by atoms with E-state index in [0.717, 1.165) is 12.8 Å². The van der Waals surface area contributed by atoms with E-state index in [1.807, 2.05) is 6.92 Å². The van der Waals surface area contributed by atoms with Gasteiger partial charge < -0.3 is 25.2 Å². The molecule has 0 spiro atoms. The average Bonchev–Trinajstić information content (AvgIpc) is 2.72. The summed E-state index contributed by atoms with van der Waals surface area (Å²) < 4.78 is 35.6. The van der Waals surface area contributed by atoms with Crippen molar-refractivity contribution in [1.29, 1.82) is 0 Å². The SMILES string of the molecule is CCNC(=NCC(O)c1cc(OC)ccc1OC)NC1CCN(CC(F)F)CC1. The van der Waals surface area contributed by atoms with E-state index in [1.54, 1.807) is 37.3 Å². The smallest absolute Gasteiger partial charge is 0.251 e. The molecule has 1 atom stereocenters. The lowest BCUT2D eigenvalue weighted by molar-refractivity contribution is 0.0744. The number of rotatable bonds is 9. The van der Waals surface area contributed by atoms with E-state index in [-0.39, 0.29) is 19.1 Å². The number of ether oxygens (including phenoxy) is 2. The Morgan fingerprint density at radius 2 is 2.00 bits per heavy atom. The lowest BCUT2D eigenvalue weighted by Crippen LogP contribution is -2.49. The van der Waals surface area contributed by atoms with Crippen LogP contribution in [0.15, 0.2) is 23.2 Å². The van der Waals surface area contributed by atoms with E-state index < -0.39 is 12.5 Å². The van der Waals surface area contributed by atoms with Crippen LogP contribution in [0.4, 0.5) is 8.78 Å². The van der Waals surface area contributed by atoms with Crippen molar-refractivity contribution < 1.29 is 23.4 Å². The Morgan fingerprint density at radius 1 is 1.28 bits per heavy atom. The molecule has 2 rings (SSSR count). The summed E-state index contributed by atoms with van der Waals surface area (Å²) in [5.41, 5.74) is 0.603. The average molecular weight is 414 g/mol. The quantitative estimate of drug-likeness (QED) is 0.424.